The van der Waals surface area contributed by atoms with Crippen LogP contribution in [0.1, 0.15) is 73.6 Å². The van der Waals surface area contributed by atoms with Crippen LogP contribution in [0.3, 0.4) is 0 Å². The van der Waals surface area contributed by atoms with Gasteiger partial charge in [-0.05, 0) is 32.1 Å². The van der Waals surface area contributed by atoms with Crippen LogP contribution >= 0.6 is 0 Å². The first-order valence-electron chi connectivity index (χ1n) is 16.1. The average Bonchev–Trinajstić information content (AvgIpc) is 3.11. The minimum Gasteiger partial charge on any atom is -0.743 e. The highest BCUT2D eigenvalue weighted by Crippen LogP contribution is 2.24. The van der Waals surface area contributed by atoms with E-state index in [1.807, 2.05) is 6.92 Å². The van der Waals surface area contributed by atoms with Crippen molar-refractivity contribution in [3.8, 4) is 0 Å². The highest BCUT2D eigenvalue weighted by atomic mass is 32.2. The van der Waals surface area contributed by atoms with Crippen molar-refractivity contribution < 1.29 is 122 Å². The lowest BCUT2D eigenvalue weighted by atomic mass is 10.1. The zero-order valence-electron chi connectivity index (χ0n) is 31.4. The summed E-state index contributed by atoms with van der Waals surface area (Å²) in [6, 6.07) is 0. The fourth-order valence-corrected chi connectivity index (χ4v) is 3.23. The molecular formula is C28H41F6O21S3-3. The lowest BCUT2D eigenvalue weighted by molar-refractivity contribution is -0.180. The normalized spacial score (nSPS) is 13.7. The van der Waals surface area contributed by atoms with Gasteiger partial charge in [-0.3, -0.25) is 14.4 Å². The maximum Gasteiger partial charge on any atom is 0.429 e. The van der Waals surface area contributed by atoms with Gasteiger partial charge in [0, 0.05) is 0 Å². The summed E-state index contributed by atoms with van der Waals surface area (Å²) in [6.45, 7) is 7.01. The van der Waals surface area contributed by atoms with Gasteiger partial charge in [0.05, 0.1) is 31.0 Å². The van der Waals surface area contributed by atoms with E-state index in [9.17, 15) is 94.0 Å². The molecular weight excluding hydrogens is 882 g/mol. The molecule has 0 aliphatic heterocycles. The van der Waals surface area contributed by atoms with Gasteiger partial charge in [-0.2, -0.15) is 26.3 Å². The summed E-state index contributed by atoms with van der Waals surface area (Å²) in [7, 11) is -18.4. The number of esters is 6. The highest BCUT2D eigenvalue weighted by molar-refractivity contribution is 7.88. The SMILES string of the molecule is CCC(C)C(=O)OCCCCOC(=O)C(F)(F)S(=O)(=O)[O-].CCC(C)C(=O)OCCOC(=O)C(F)(F)S(=O)(=O)[O-].CCC(C)C(=O)OCOC(=O)C(F)(F)S(=O)(=O)[O-]. The molecule has 0 aromatic carbocycles. The number of carbonyl (C=O) groups excluding carboxylic acids is 6. The van der Waals surface area contributed by atoms with E-state index in [2.05, 4.69) is 23.7 Å². The number of halogens is 6. The van der Waals surface area contributed by atoms with E-state index >= 15 is 0 Å². The molecule has 0 aliphatic carbocycles. The van der Waals surface area contributed by atoms with Gasteiger partial charge >= 0.3 is 51.6 Å². The highest BCUT2D eigenvalue weighted by Gasteiger charge is 2.50. The summed E-state index contributed by atoms with van der Waals surface area (Å²) in [4.78, 5) is 65.4. The Morgan fingerprint density at radius 1 is 0.448 bits per heavy atom. The Morgan fingerprint density at radius 2 is 0.690 bits per heavy atom. The average molecular weight is 924 g/mol. The first-order valence-corrected chi connectivity index (χ1v) is 20.3. The van der Waals surface area contributed by atoms with E-state index in [-0.39, 0.29) is 25.4 Å². The molecule has 0 aromatic rings. The molecule has 342 valence electrons. The van der Waals surface area contributed by atoms with Crippen molar-refractivity contribution >= 4 is 66.2 Å². The minimum absolute atomic E-state index is 0.0248. The van der Waals surface area contributed by atoms with Crippen molar-refractivity contribution in [2.75, 3.05) is 33.2 Å². The van der Waals surface area contributed by atoms with Crippen LogP contribution in [0.5, 0.6) is 0 Å². The molecule has 0 saturated heterocycles. The number of unbranched alkanes of at least 4 members (excludes halogenated alkanes) is 1. The first kappa shape index (κ1) is 58.4. The smallest absolute Gasteiger partial charge is 0.429 e. The Labute approximate surface area is 328 Å². The number of carbonyl (C=O) groups is 6. The molecule has 0 fully saturated rings. The van der Waals surface area contributed by atoms with Crippen molar-refractivity contribution in [1.29, 1.82) is 0 Å². The second kappa shape index (κ2) is 25.6. The molecule has 0 bridgehead atoms. The van der Waals surface area contributed by atoms with Gasteiger partial charge in [-0.25, -0.2) is 39.6 Å². The van der Waals surface area contributed by atoms with E-state index in [1.165, 1.54) is 6.92 Å². The van der Waals surface area contributed by atoms with E-state index < -0.39 is 120 Å². The molecule has 0 spiro atoms. The topological polar surface area (TPSA) is 329 Å². The zero-order chi connectivity index (χ0) is 46.5. The molecule has 0 aliphatic rings. The van der Waals surface area contributed by atoms with Gasteiger partial charge < -0.3 is 42.1 Å². The van der Waals surface area contributed by atoms with Crippen LogP contribution < -0.4 is 0 Å². The fourth-order valence-electron chi connectivity index (χ4n) is 2.44. The maximum atomic E-state index is 12.7. The fraction of sp³-hybridized carbons (Fsp3) is 0.786. The van der Waals surface area contributed by atoms with Gasteiger partial charge in [0.1, 0.15) is 13.2 Å². The summed E-state index contributed by atoms with van der Waals surface area (Å²) in [5, 5.41) is -15.5. The lowest BCUT2D eigenvalue weighted by Crippen LogP contribution is -2.39. The van der Waals surface area contributed by atoms with Crippen LogP contribution in [0.2, 0.25) is 0 Å². The van der Waals surface area contributed by atoms with Crippen molar-refractivity contribution in [2.45, 2.75) is 89.4 Å². The monoisotopic (exact) mass is 923 g/mol. The Kier molecular flexibility index (Phi) is 25.8. The molecule has 58 heavy (non-hydrogen) atoms. The summed E-state index contributed by atoms with van der Waals surface area (Å²) in [6.07, 6.45) is 1.86. The Bertz CT molecular complexity index is 1700. The van der Waals surface area contributed by atoms with E-state index in [0.29, 0.717) is 19.3 Å². The van der Waals surface area contributed by atoms with Gasteiger partial charge in [-0.1, -0.05) is 41.5 Å². The summed E-state index contributed by atoms with van der Waals surface area (Å²) in [5.74, 6) is -10.5. The lowest BCUT2D eigenvalue weighted by Gasteiger charge is -2.18. The molecule has 3 atom stereocenters. The molecule has 0 amide bonds. The van der Waals surface area contributed by atoms with Crippen LogP contribution in [0.15, 0.2) is 0 Å². The van der Waals surface area contributed by atoms with Crippen LogP contribution in [-0.4, -0.2) is 124 Å². The predicted molar refractivity (Wildman–Crippen MR) is 172 cm³/mol. The summed E-state index contributed by atoms with van der Waals surface area (Å²) < 4.78 is 192. The molecule has 30 heteroatoms. The molecule has 0 saturated carbocycles. The largest absolute Gasteiger partial charge is 0.743 e. The van der Waals surface area contributed by atoms with Gasteiger partial charge in [0.2, 0.25) is 6.79 Å². The predicted octanol–water partition coefficient (Wildman–Crippen LogP) is 1.51. The molecule has 0 N–H and O–H groups in total. The number of hydrogen-bond donors (Lipinski definition) is 0. The summed E-state index contributed by atoms with van der Waals surface area (Å²) in [5.41, 5.74) is 0. The first-order chi connectivity index (χ1) is 26.1. The quantitative estimate of drug-likeness (QED) is 0.0371. The second-order valence-corrected chi connectivity index (χ2v) is 15.4. The van der Waals surface area contributed by atoms with Crippen LogP contribution in [0, 0.1) is 17.8 Å². The van der Waals surface area contributed by atoms with Crippen molar-refractivity contribution in [3.05, 3.63) is 0 Å². The Balaban J connectivity index is -0.000000785. The third kappa shape index (κ3) is 20.7. The maximum absolute atomic E-state index is 12.7. The van der Waals surface area contributed by atoms with Gasteiger partial charge in [0.15, 0.2) is 30.4 Å². The number of hydrogen-bond acceptors (Lipinski definition) is 21. The zero-order valence-corrected chi connectivity index (χ0v) is 33.8. The van der Waals surface area contributed by atoms with E-state index in [0.717, 1.165) is 0 Å². The van der Waals surface area contributed by atoms with Crippen molar-refractivity contribution in [3.63, 3.8) is 0 Å². The van der Waals surface area contributed by atoms with Crippen molar-refractivity contribution in [1.82, 2.24) is 0 Å². The van der Waals surface area contributed by atoms with Gasteiger partial charge in [0.25, 0.3) is 0 Å². The van der Waals surface area contributed by atoms with E-state index in [4.69, 9.17) is 4.74 Å². The number of rotatable bonds is 22. The molecule has 0 aromatic heterocycles. The molecule has 0 heterocycles. The number of ether oxygens (including phenoxy) is 6. The number of alkyl halides is 6. The van der Waals surface area contributed by atoms with E-state index in [1.54, 1.807) is 27.7 Å². The molecule has 21 nitrogen and oxygen atoms in total. The standard InChI is InChI=1S/C11H18F2O7S.C9H14F2O7S.C8H12F2O7S/c1-3-8(2)9(14)19-6-4-5-7-20-10(15)11(12,13)21(16,17)18;1-3-6(2)7(12)17-4-5-18-8(13)9(10,11)19(14,15)16;1-3-5(2)6(11)16-4-17-7(12)8(9,10)18(13,14)15/h8H,3-7H2,1-2H3,(H,16,17,18);6H,3-5H2,1-2H3,(H,14,15,16);5H,3-4H2,1-2H3,(H,13,14,15)/p-3. The molecule has 0 radical (unpaired) electrons. The van der Waals surface area contributed by atoms with Gasteiger partial charge in [-0.15, -0.1) is 0 Å². The third-order valence-corrected chi connectivity index (χ3v) is 9.05. The van der Waals surface area contributed by atoms with Crippen LogP contribution in [-0.2, 0) is 87.5 Å². The second-order valence-electron chi connectivity index (χ2n) is 11.2. The third-order valence-electron chi connectivity index (χ3n) is 6.67. The molecule has 0 rings (SSSR count). The van der Waals surface area contributed by atoms with Crippen LogP contribution in [0.25, 0.3) is 0 Å². The van der Waals surface area contributed by atoms with Crippen molar-refractivity contribution in [2.24, 2.45) is 17.8 Å². The van der Waals surface area contributed by atoms with Crippen LogP contribution in [0.4, 0.5) is 26.3 Å². The summed E-state index contributed by atoms with van der Waals surface area (Å²) >= 11 is 0. The minimum atomic E-state index is -6.17. The molecule has 3 unspecified atom stereocenters. The Morgan fingerprint density at radius 3 is 1.00 bits per heavy atom. The Hall–Kier alpha value is -3.87.